The summed E-state index contributed by atoms with van der Waals surface area (Å²) in [5, 5.41) is 3.29. The molecule has 0 saturated heterocycles. The summed E-state index contributed by atoms with van der Waals surface area (Å²) in [6.07, 6.45) is 0.403. The number of benzene rings is 2. The summed E-state index contributed by atoms with van der Waals surface area (Å²) in [5.74, 6) is -0.370. The number of ether oxygens (including phenoxy) is 2. The highest BCUT2D eigenvalue weighted by molar-refractivity contribution is 5.96. The zero-order valence-corrected chi connectivity index (χ0v) is 16.9. The molecular weight excluding hydrogens is 386 g/mol. The maximum Gasteiger partial charge on any atom is 0.349 e. The van der Waals surface area contributed by atoms with Gasteiger partial charge in [-0.2, -0.15) is 0 Å². The van der Waals surface area contributed by atoms with Gasteiger partial charge >= 0.3 is 11.6 Å². The van der Waals surface area contributed by atoms with Crippen LogP contribution in [0.25, 0.3) is 11.0 Å². The standard InChI is InChI=1S/C23H23NO6/c1-15-7-5-10-19(16(15)2)29-14-21(25)28-12-6-11-24-22(26)18-13-17-8-3-4-9-20(17)30-23(18)27/h3-5,7-10,13H,6,11-12,14H2,1-2H3,(H,24,26). The SMILES string of the molecule is Cc1cccc(OCC(=O)OCCCNC(=O)c2cc3ccccc3oc2=O)c1C. The number of carbonyl (C=O) groups excluding carboxylic acids is 2. The lowest BCUT2D eigenvalue weighted by Gasteiger charge is -2.11. The number of aryl methyl sites for hydroxylation is 1. The van der Waals surface area contributed by atoms with Crippen molar-refractivity contribution in [3.8, 4) is 5.75 Å². The van der Waals surface area contributed by atoms with E-state index < -0.39 is 17.5 Å². The molecule has 0 spiro atoms. The quantitative estimate of drug-likeness (QED) is 0.349. The van der Waals surface area contributed by atoms with Crippen LogP contribution in [0.4, 0.5) is 0 Å². The first kappa shape index (κ1) is 21.1. The van der Waals surface area contributed by atoms with E-state index in [0.717, 1.165) is 11.1 Å². The summed E-state index contributed by atoms with van der Waals surface area (Å²) in [7, 11) is 0. The van der Waals surface area contributed by atoms with Crippen LogP contribution >= 0.6 is 0 Å². The fourth-order valence-electron chi connectivity index (χ4n) is 2.83. The second kappa shape index (κ2) is 9.73. The van der Waals surface area contributed by atoms with Crippen LogP contribution in [-0.2, 0) is 9.53 Å². The van der Waals surface area contributed by atoms with Gasteiger partial charge in [-0.1, -0.05) is 30.3 Å². The molecule has 0 bridgehead atoms. The lowest BCUT2D eigenvalue weighted by Crippen LogP contribution is -2.29. The predicted molar refractivity (Wildman–Crippen MR) is 112 cm³/mol. The smallest absolute Gasteiger partial charge is 0.349 e. The molecule has 1 amide bonds. The van der Waals surface area contributed by atoms with Gasteiger partial charge in [0.2, 0.25) is 0 Å². The van der Waals surface area contributed by atoms with Crippen molar-refractivity contribution in [3.05, 3.63) is 75.6 Å². The van der Waals surface area contributed by atoms with Gasteiger partial charge in [0.25, 0.3) is 5.91 Å². The van der Waals surface area contributed by atoms with Gasteiger partial charge in [-0.3, -0.25) is 4.79 Å². The second-order valence-corrected chi connectivity index (χ2v) is 6.80. The van der Waals surface area contributed by atoms with Crippen molar-refractivity contribution in [3.63, 3.8) is 0 Å². The monoisotopic (exact) mass is 409 g/mol. The van der Waals surface area contributed by atoms with E-state index in [9.17, 15) is 14.4 Å². The van der Waals surface area contributed by atoms with Crippen LogP contribution in [0.2, 0.25) is 0 Å². The Morgan fingerprint density at radius 2 is 1.87 bits per heavy atom. The van der Waals surface area contributed by atoms with Crippen LogP contribution in [0, 0.1) is 13.8 Å². The van der Waals surface area contributed by atoms with E-state index in [2.05, 4.69) is 5.32 Å². The van der Waals surface area contributed by atoms with Gasteiger partial charge in [0.05, 0.1) is 6.61 Å². The van der Waals surface area contributed by atoms with Crippen molar-refractivity contribution >= 4 is 22.8 Å². The Balaban J connectivity index is 1.40. The third-order valence-electron chi connectivity index (χ3n) is 4.66. The van der Waals surface area contributed by atoms with E-state index in [4.69, 9.17) is 13.9 Å². The van der Waals surface area contributed by atoms with Gasteiger partial charge in [-0.25, -0.2) is 9.59 Å². The van der Waals surface area contributed by atoms with Crippen molar-refractivity contribution in [2.45, 2.75) is 20.3 Å². The number of nitrogens with one attached hydrogen (secondary N) is 1. The van der Waals surface area contributed by atoms with E-state index in [0.29, 0.717) is 23.1 Å². The maximum atomic E-state index is 12.2. The molecule has 3 rings (SSSR count). The highest BCUT2D eigenvalue weighted by Gasteiger charge is 2.13. The van der Waals surface area contributed by atoms with Crippen LogP contribution in [-0.4, -0.2) is 31.6 Å². The minimum absolute atomic E-state index is 0.0624. The highest BCUT2D eigenvalue weighted by Crippen LogP contribution is 2.20. The number of fused-ring (bicyclic) bond motifs is 1. The Hall–Kier alpha value is -3.61. The van der Waals surface area contributed by atoms with Gasteiger partial charge in [-0.15, -0.1) is 0 Å². The van der Waals surface area contributed by atoms with Gasteiger partial charge in [0.1, 0.15) is 16.9 Å². The van der Waals surface area contributed by atoms with Crippen LogP contribution in [0.5, 0.6) is 5.75 Å². The van der Waals surface area contributed by atoms with Crippen LogP contribution in [0.15, 0.2) is 57.7 Å². The Morgan fingerprint density at radius 1 is 1.07 bits per heavy atom. The molecule has 1 N–H and O–H groups in total. The van der Waals surface area contributed by atoms with E-state index in [-0.39, 0.29) is 25.3 Å². The molecule has 0 aliphatic carbocycles. The van der Waals surface area contributed by atoms with Crippen molar-refractivity contribution in [2.24, 2.45) is 0 Å². The Labute approximate surface area is 173 Å². The van der Waals surface area contributed by atoms with Crippen LogP contribution < -0.4 is 15.7 Å². The summed E-state index contributed by atoms with van der Waals surface area (Å²) in [4.78, 5) is 36.0. The summed E-state index contributed by atoms with van der Waals surface area (Å²) in [5.41, 5.74) is 1.73. The van der Waals surface area contributed by atoms with Crippen molar-refractivity contribution in [1.29, 1.82) is 0 Å². The average Bonchev–Trinajstić information content (AvgIpc) is 2.74. The van der Waals surface area contributed by atoms with Crippen LogP contribution in [0.3, 0.4) is 0 Å². The molecule has 0 radical (unpaired) electrons. The minimum Gasteiger partial charge on any atom is -0.482 e. The van der Waals surface area contributed by atoms with Gasteiger partial charge in [0, 0.05) is 11.9 Å². The molecule has 7 nitrogen and oxygen atoms in total. The second-order valence-electron chi connectivity index (χ2n) is 6.80. The van der Waals surface area contributed by atoms with Crippen molar-refractivity contribution in [1.82, 2.24) is 5.32 Å². The summed E-state index contributed by atoms with van der Waals surface area (Å²) in [6.45, 7) is 4.08. The largest absolute Gasteiger partial charge is 0.482 e. The Morgan fingerprint density at radius 3 is 2.70 bits per heavy atom. The summed E-state index contributed by atoms with van der Waals surface area (Å²) >= 11 is 0. The number of hydrogen-bond donors (Lipinski definition) is 1. The molecule has 0 saturated carbocycles. The molecule has 0 aliphatic rings. The number of para-hydroxylation sites is 1. The first-order valence-corrected chi connectivity index (χ1v) is 9.61. The number of esters is 1. The fourth-order valence-corrected chi connectivity index (χ4v) is 2.83. The number of amides is 1. The molecule has 156 valence electrons. The average molecular weight is 409 g/mol. The third kappa shape index (κ3) is 5.26. The first-order chi connectivity index (χ1) is 14.5. The molecule has 0 unspecified atom stereocenters. The minimum atomic E-state index is -0.693. The predicted octanol–water partition coefficient (Wildman–Crippen LogP) is 3.15. The van der Waals surface area contributed by atoms with Crippen LogP contribution in [0.1, 0.15) is 27.9 Å². The zero-order valence-electron chi connectivity index (χ0n) is 16.9. The zero-order chi connectivity index (χ0) is 21.5. The molecule has 30 heavy (non-hydrogen) atoms. The van der Waals surface area contributed by atoms with Crippen molar-refractivity contribution < 1.29 is 23.5 Å². The summed E-state index contributed by atoms with van der Waals surface area (Å²) in [6, 6.07) is 14.1. The summed E-state index contributed by atoms with van der Waals surface area (Å²) < 4.78 is 15.8. The maximum absolute atomic E-state index is 12.2. The lowest BCUT2D eigenvalue weighted by molar-refractivity contribution is -0.146. The molecule has 3 aromatic rings. The molecule has 2 aromatic carbocycles. The van der Waals surface area contributed by atoms with Gasteiger partial charge < -0.3 is 19.2 Å². The molecule has 1 aromatic heterocycles. The third-order valence-corrected chi connectivity index (χ3v) is 4.66. The Kier molecular flexibility index (Phi) is 6.85. The molecule has 0 aliphatic heterocycles. The van der Waals surface area contributed by atoms with E-state index >= 15 is 0 Å². The van der Waals surface area contributed by atoms with Gasteiger partial charge in [-0.05, 0) is 49.6 Å². The van der Waals surface area contributed by atoms with E-state index in [1.165, 1.54) is 6.07 Å². The number of hydrogen-bond acceptors (Lipinski definition) is 6. The normalized spacial score (nSPS) is 10.6. The molecule has 0 atom stereocenters. The van der Waals surface area contributed by atoms with E-state index in [1.807, 2.05) is 26.0 Å². The molecule has 0 fully saturated rings. The lowest BCUT2D eigenvalue weighted by atomic mass is 10.1. The van der Waals surface area contributed by atoms with Crippen molar-refractivity contribution in [2.75, 3.05) is 19.8 Å². The van der Waals surface area contributed by atoms with Gasteiger partial charge in [0.15, 0.2) is 6.61 Å². The molecule has 1 heterocycles. The van der Waals surface area contributed by atoms with E-state index in [1.54, 1.807) is 30.3 Å². The number of rotatable bonds is 8. The number of carbonyl (C=O) groups is 2. The molecule has 7 heteroatoms. The molecular formula is C23H23NO6. The first-order valence-electron chi connectivity index (χ1n) is 9.61. The highest BCUT2D eigenvalue weighted by atomic mass is 16.6. The fraction of sp³-hybridized carbons (Fsp3) is 0.261. The topological polar surface area (TPSA) is 94.8 Å². The Bertz CT molecular complexity index is 1120.